The number of carbonyl (C=O) groups excluding carboxylic acids is 1. The Morgan fingerprint density at radius 1 is 1.04 bits per heavy atom. The van der Waals surface area contributed by atoms with Crippen molar-refractivity contribution >= 4 is 21.6 Å². The highest BCUT2D eigenvalue weighted by molar-refractivity contribution is 7.89. The maximum atomic E-state index is 12.4. The molecule has 0 aliphatic rings. The highest BCUT2D eigenvalue weighted by Gasteiger charge is 2.23. The Bertz CT molecular complexity index is 789. The summed E-state index contributed by atoms with van der Waals surface area (Å²) in [6.45, 7) is 2.97. The Labute approximate surface area is 141 Å². The van der Waals surface area contributed by atoms with Crippen LogP contribution in [0.15, 0.2) is 59.5 Å². The second-order valence-corrected chi connectivity index (χ2v) is 7.19. The summed E-state index contributed by atoms with van der Waals surface area (Å²) >= 11 is 0. The average Bonchev–Trinajstić information content (AvgIpc) is 2.54. The quantitative estimate of drug-likeness (QED) is 0.744. The van der Waals surface area contributed by atoms with Gasteiger partial charge in [0, 0.05) is 18.7 Å². The molecule has 2 unspecified atom stereocenters. The summed E-state index contributed by atoms with van der Waals surface area (Å²) in [5.41, 5.74) is 1.15. The van der Waals surface area contributed by atoms with Gasteiger partial charge in [-0.15, -0.1) is 0 Å². The third-order valence-corrected chi connectivity index (χ3v) is 5.02. The first-order chi connectivity index (χ1) is 11.3. The largest absolute Gasteiger partial charge is 0.387 e. The molecule has 0 spiro atoms. The molecular formula is C17H20N2O4S. The van der Waals surface area contributed by atoms with Crippen molar-refractivity contribution in [2.75, 3.05) is 5.32 Å². The summed E-state index contributed by atoms with van der Waals surface area (Å²) in [5.74, 6) is -0.233. The van der Waals surface area contributed by atoms with Crippen LogP contribution in [0.3, 0.4) is 0 Å². The van der Waals surface area contributed by atoms with Crippen LogP contribution in [0, 0.1) is 0 Å². The molecule has 0 heterocycles. The maximum absolute atomic E-state index is 12.4. The lowest BCUT2D eigenvalue weighted by Gasteiger charge is -2.20. The lowest BCUT2D eigenvalue weighted by molar-refractivity contribution is -0.114. The average molecular weight is 348 g/mol. The van der Waals surface area contributed by atoms with Crippen molar-refractivity contribution in [2.45, 2.75) is 30.9 Å². The number of anilines is 1. The third kappa shape index (κ3) is 4.64. The van der Waals surface area contributed by atoms with Crippen LogP contribution in [0.5, 0.6) is 0 Å². The van der Waals surface area contributed by atoms with Gasteiger partial charge in [0.05, 0.1) is 11.0 Å². The van der Waals surface area contributed by atoms with E-state index in [1.165, 1.54) is 31.2 Å². The molecular weight excluding hydrogens is 328 g/mol. The molecule has 0 aliphatic carbocycles. The van der Waals surface area contributed by atoms with Crippen molar-refractivity contribution in [3.05, 3.63) is 60.2 Å². The first-order valence-corrected chi connectivity index (χ1v) is 8.91. The van der Waals surface area contributed by atoms with E-state index in [4.69, 9.17) is 0 Å². The van der Waals surface area contributed by atoms with E-state index in [0.29, 0.717) is 11.3 Å². The second-order valence-electron chi connectivity index (χ2n) is 5.47. The van der Waals surface area contributed by atoms with Gasteiger partial charge in [-0.2, -0.15) is 0 Å². The Kier molecular flexibility index (Phi) is 5.71. The van der Waals surface area contributed by atoms with Crippen molar-refractivity contribution in [1.82, 2.24) is 4.72 Å². The SMILES string of the molecule is CC(=O)Nc1ccc(S(=O)(=O)NC(C)C(O)c2ccccc2)cc1. The third-order valence-electron chi connectivity index (χ3n) is 3.44. The van der Waals surface area contributed by atoms with Crippen molar-refractivity contribution in [3.63, 3.8) is 0 Å². The van der Waals surface area contributed by atoms with E-state index in [-0.39, 0.29) is 10.8 Å². The van der Waals surface area contributed by atoms with Crippen molar-refractivity contribution in [3.8, 4) is 0 Å². The molecule has 3 N–H and O–H groups in total. The minimum atomic E-state index is -3.78. The predicted octanol–water partition coefficient (Wildman–Crippen LogP) is 2.05. The van der Waals surface area contributed by atoms with Crippen LogP contribution in [0.2, 0.25) is 0 Å². The summed E-state index contributed by atoms with van der Waals surface area (Å²) in [5, 5.41) is 12.8. The fraction of sp³-hybridized carbons (Fsp3) is 0.235. The van der Waals surface area contributed by atoms with Crippen LogP contribution in [0.1, 0.15) is 25.5 Å². The fourth-order valence-corrected chi connectivity index (χ4v) is 3.49. The number of hydrogen-bond donors (Lipinski definition) is 3. The number of aliphatic hydroxyl groups is 1. The van der Waals surface area contributed by atoms with E-state index < -0.39 is 22.2 Å². The van der Waals surface area contributed by atoms with Crippen LogP contribution >= 0.6 is 0 Å². The van der Waals surface area contributed by atoms with Gasteiger partial charge in [-0.3, -0.25) is 4.79 Å². The van der Waals surface area contributed by atoms with Gasteiger partial charge >= 0.3 is 0 Å². The molecule has 7 heteroatoms. The van der Waals surface area contributed by atoms with Crippen LogP contribution in [0.4, 0.5) is 5.69 Å². The van der Waals surface area contributed by atoms with Crippen LogP contribution < -0.4 is 10.0 Å². The molecule has 6 nitrogen and oxygen atoms in total. The molecule has 0 saturated heterocycles. The van der Waals surface area contributed by atoms with Gasteiger partial charge < -0.3 is 10.4 Å². The van der Waals surface area contributed by atoms with E-state index in [1.54, 1.807) is 31.2 Å². The predicted molar refractivity (Wildman–Crippen MR) is 91.9 cm³/mol. The number of rotatable bonds is 6. The molecule has 2 atom stereocenters. The number of carbonyl (C=O) groups is 1. The molecule has 2 aromatic carbocycles. The molecule has 0 aromatic heterocycles. The topological polar surface area (TPSA) is 95.5 Å². The van der Waals surface area contributed by atoms with E-state index >= 15 is 0 Å². The molecule has 0 radical (unpaired) electrons. The molecule has 0 saturated carbocycles. The standard InChI is InChI=1S/C17H20N2O4S/c1-12(17(21)14-6-4-3-5-7-14)19-24(22,23)16-10-8-15(9-11-16)18-13(2)20/h3-12,17,19,21H,1-2H3,(H,18,20). The number of amides is 1. The van der Waals surface area contributed by atoms with Gasteiger partial charge in [0.25, 0.3) is 0 Å². The van der Waals surface area contributed by atoms with Crippen LogP contribution in [-0.2, 0) is 14.8 Å². The van der Waals surface area contributed by atoms with Crippen molar-refractivity contribution in [1.29, 1.82) is 0 Å². The van der Waals surface area contributed by atoms with Gasteiger partial charge in [0.1, 0.15) is 0 Å². The van der Waals surface area contributed by atoms with E-state index in [1.807, 2.05) is 6.07 Å². The minimum Gasteiger partial charge on any atom is -0.387 e. The van der Waals surface area contributed by atoms with E-state index in [2.05, 4.69) is 10.0 Å². The molecule has 24 heavy (non-hydrogen) atoms. The summed E-state index contributed by atoms with van der Waals surface area (Å²) < 4.78 is 27.3. The monoisotopic (exact) mass is 348 g/mol. The van der Waals surface area contributed by atoms with Crippen LogP contribution in [0.25, 0.3) is 0 Å². The Hall–Kier alpha value is -2.22. The van der Waals surface area contributed by atoms with E-state index in [0.717, 1.165) is 0 Å². The Balaban J connectivity index is 2.11. The van der Waals surface area contributed by atoms with Gasteiger partial charge in [0.2, 0.25) is 15.9 Å². The lowest BCUT2D eigenvalue weighted by atomic mass is 10.0. The molecule has 128 valence electrons. The summed E-state index contributed by atoms with van der Waals surface area (Å²) in [6.07, 6.45) is -0.959. The number of hydrogen-bond acceptors (Lipinski definition) is 4. The Morgan fingerprint density at radius 3 is 2.17 bits per heavy atom. The smallest absolute Gasteiger partial charge is 0.240 e. The Morgan fingerprint density at radius 2 is 1.62 bits per heavy atom. The fourth-order valence-electron chi connectivity index (χ4n) is 2.24. The van der Waals surface area contributed by atoms with Gasteiger partial charge in [-0.05, 0) is 36.8 Å². The highest BCUT2D eigenvalue weighted by Crippen LogP contribution is 2.19. The second kappa shape index (κ2) is 7.57. The number of nitrogens with one attached hydrogen (secondary N) is 2. The molecule has 0 aliphatic heterocycles. The van der Waals surface area contributed by atoms with Gasteiger partial charge in [-0.1, -0.05) is 30.3 Å². The maximum Gasteiger partial charge on any atom is 0.240 e. The minimum absolute atomic E-state index is 0.0590. The normalized spacial score (nSPS) is 14.0. The number of benzene rings is 2. The van der Waals surface area contributed by atoms with E-state index in [9.17, 15) is 18.3 Å². The molecule has 0 fully saturated rings. The van der Waals surface area contributed by atoms with Crippen molar-refractivity contribution < 1.29 is 18.3 Å². The number of sulfonamides is 1. The highest BCUT2D eigenvalue weighted by atomic mass is 32.2. The zero-order valence-corrected chi connectivity index (χ0v) is 14.2. The summed E-state index contributed by atoms with van der Waals surface area (Å²) in [7, 11) is -3.78. The first-order valence-electron chi connectivity index (χ1n) is 7.42. The van der Waals surface area contributed by atoms with Crippen molar-refractivity contribution in [2.24, 2.45) is 0 Å². The summed E-state index contributed by atoms with van der Waals surface area (Å²) in [6, 6.07) is 14.0. The first kappa shape index (κ1) is 18.1. The van der Waals surface area contributed by atoms with Gasteiger partial charge in [0.15, 0.2) is 0 Å². The van der Waals surface area contributed by atoms with Crippen LogP contribution in [-0.4, -0.2) is 25.5 Å². The molecule has 2 aromatic rings. The summed E-state index contributed by atoms with van der Waals surface area (Å²) in [4.78, 5) is 11.0. The molecule has 0 bridgehead atoms. The molecule has 1 amide bonds. The molecule has 2 rings (SSSR count). The van der Waals surface area contributed by atoms with Gasteiger partial charge in [-0.25, -0.2) is 13.1 Å². The zero-order valence-electron chi connectivity index (χ0n) is 13.4. The number of aliphatic hydroxyl groups excluding tert-OH is 1. The zero-order chi connectivity index (χ0) is 17.7. The lowest BCUT2D eigenvalue weighted by Crippen LogP contribution is -2.37.